The number of hydrogen-bond donors (Lipinski definition) is 2. The van der Waals surface area contributed by atoms with Gasteiger partial charge in [-0.1, -0.05) is 17.3 Å². The zero-order valence-electron chi connectivity index (χ0n) is 13.8. The number of nitrogens with zero attached hydrogens (tertiary/aromatic N) is 1. The maximum absolute atomic E-state index is 12.3. The van der Waals surface area contributed by atoms with Crippen LogP contribution in [0, 0.1) is 0 Å². The minimum absolute atomic E-state index is 0.0516. The minimum atomic E-state index is -4.83. The maximum Gasteiger partial charge on any atom is 0.573 e. The van der Waals surface area contributed by atoms with Crippen LogP contribution in [0.4, 0.5) is 13.2 Å². The topological polar surface area (TPSA) is 102 Å². The Balaban J connectivity index is 1.72. The molecule has 1 unspecified atom stereocenters. The van der Waals surface area contributed by atoms with E-state index in [2.05, 4.69) is 15.2 Å². The van der Waals surface area contributed by atoms with Gasteiger partial charge in [0.15, 0.2) is 0 Å². The predicted molar refractivity (Wildman–Crippen MR) is 84.1 cm³/mol. The van der Waals surface area contributed by atoms with Crippen LogP contribution in [0.2, 0.25) is 0 Å². The van der Waals surface area contributed by atoms with Crippen molar-refractivity contribution < 1.29 is 37.1 Å². The molecule has 0 saturated heterocycles. The van der Waals surface area contributed by atoms with Gasteiger partial charge in [-0.15, -0.1) is 13.2 Å². The number of amides is 1. The molecule has 1 atom stereocenters. The number of hydrogen-bond acceptors (Lipinski definition) is 5. The lowest BCUT2D eigenvalue weighted by atomic mass is 10.0. The van der Waals surface area contributed by atoms with Crippen LogP contribution in [-0.2, 0) is 4.79 Å². The summed E-state index contributed by atoms with van der Waals surface area (Å²) >= 11 is 0. The number of carboxylic acids is 1. The molecule has 0 aliphatic heterocycles. The number of carbonyl (C=O) groups is 2. The van der Waals surface area contributed by atoms with Gasteiger partial charge in [0.1, 0.15) is 5.75 Å². The molecule has 0 spiro atoms. The van der Waals surface area contributed by atoms with Crippen molar-refractivity contribution >= 4 is 11.9 Å². The number of rotatable bonds is 7. The van der Waals surface area contributed by atoms with Crippen molar-refractivity contribution in [1.29, 1.82) is 0 Å². The Morgan fingerprint density at radius 3 is 2.52 bits per heavy atom. The first-order valence-corrected chi connectivity index (χ1v) is 8.06. The fourth-order valence-electron chi connectivity index (χ4n) is 2.53. The van der Waals surface area contributed by atoms with Crippen LogP contribution < -0.4 is 10.1 Å². The lowest BCUT2D eigenvalue weighted by Crippen LogP contribution is -2.30. The first kappa shape index (κ1) is 18.7. The number of aliphatic carboxylic acids is 1. The summed E-state index contributed by atoms with van der Waals surface area (Å²) in [6.07, 6.45) is -3.35. The molecule has 1 aromatic heterocycles. The van der Waals surface area contributed by atoms with Crippen LogP contribution in [0.1, 0.15) is 53.0 Å². The van der Waals surface area contributed by atoms with E-state index in [1.54, 1.807) is 0 Å². The molecule has 0 radical (unpaired) electrons. The molecule has 1 aliphatic rings. The zero-order valence-corrected chi connectivity index (χ0v) is 13.8. The molecule has 1 aromatic carbocycles. The number of benzene rings is 1. The molecule has 3 rings (SSSR count). The van der Waals surface area contributed by atoms with Gasteiger partial charge in [0.25, 0.3) is 5.91 Å². The summed E-state index contributed by atoms with van der Waals surface area (Å²) in [5.74, 6) is -2.06. The predicted octanol–water partition coefficient (Wildman–Crippen LogP) is 3.40. The number of carboxylic acid groups (broad SMARTS) is 1. The van der Waals surface area contributed by atoms with Crippen LogP contribution in [0.3, 0.4) is 0 Å². The van der Waals surface area contributed by atoms with E-state index >= 15 is 0 Å². The van der Waals surface area contributed by atoms with Crippen molar-refractivity contribution in [3.8, 4) is 5.75 Å². The van der Waals surface area contributed by atoms with Crippen LogP contribution in [0.25, 0.3) is 0 Å². The second-order valence-corrected chi connectivity index (χ2v) is 6.13. The van der Waals surface area contributed by atoms with Crippen LogP contribution in [-0.4, -0.2) is 28.5 Å². The van der Waals surface area contributed by atoms with Gasteiger partial charge >= 0.3 is 12.3 Å². The fourth-order valence-corrected chi connectivity index (χ4v) is 2.53. The first-order chi connectivity index (χ1) is 12.7. The molecule has 1 saturated carbocycles. The number of nitrogens with one attached hydrogen (secondary N) is 1. The summed E-state index contributed by atoms with van der Waals surface area (Å²) in [6.45, 7) is 0. The molecule has 0 bridgehead atoms. The third kappa shape index (κ3) is 5.22. The number of halogens is 3. The van der Waals surface area contributed by atoms with Gasteiger partial charge in [0.05, 0.1) is 18.2 Å². The molecule has 7 nitrogen and oxygen atoms in total. The van der Waals surface area contributed by atoms with Gasteiger partial charge in [-0.2, -0.15) is 0 Å². The number of aromatic nitrogens is 1. The first-order valence-electron chi connectivity index (χ1n) is 8.06. The van der Waals surface area contributed by atoms with Crippen molar-refractivity contribution in [2.45, 2.75) is 37.6 Å². The van der Waals surface area contributed by atoms with Gasteiger partial charge in [-0.05, 0) is 30.5 Å². The van der Waals surface area contributed by atoms with Crippen molar-refractivity contribution in [3.05, 3.63) is 47.3 Å². The Morgan fingerprint density at radius 1 is 1.30 bits per heavy atom. The average Bonchev–Trinajstić information content (AvgIpc) is 3.30. The second-order valence-electron chi connectivity index (χ2n) is 6.13. The maximum atomic E-state index is 12.3. The van der Waals surface area contributed by atoms with E-state index in [-0.39, 0.29) is 11.7 Å². The molecular weight excluding hydrogens is 369 g/mol. The summed E-state index contributed by atoms with van der Waals surface area (Å²) in [5, 5.41) is 15.4. The Bertz CT molecular complexity index is 828. The van der Waals surface area contributed by atoms with Gasteiger partial charge in [-0.3, -0.25) is 9.59 Å². The minimum Gasteiger partial charge on any atom is -0.481 e. The molecule has 144 valence electrons. The van der Waals surface area contributed by atoms with Gasteiger partial charge < -0.3 is 19.7 Å². The molecule has 1 fully saturated rings. The molecule has 2 aromatic rings. The van der Waals surface area contributed by atoms with Crippen LogP contribution in [0.15, 0.2) is 34.9 Å². The summed E-state index contributed by atoms with van der Waals surface area (Å²) in [4.78, 5) is 23.4. The Labute approximate surface area is 151 Å². The lowest BCUT2D eigenvalue weighted by molar-refractivity contribution is -0.274. The highest BCUT2D eigenvalue weighted by molar-refractivity contribution is 5.92. The Kier molecular flexibility index (Phi) is 5.06. The van der Waals surface area contributed by atoms with Crippen LogP contribution in [0.5, 0.6) is 5.75 Å². The summed E-state index contributed by atoms with van der Waals surface area (Å²) in [5.41, 5.74) is 0.978. The van der Waals surface area contributed by atoms with Crippen molar-refractivity contribution in [3.63, 3.8) is 0 Å². The summed E-state index contributed by atoms with van der Waals surface area (Å²) < 4.78 is 45.4. The smallest absolute Gasteiger partial charge is 0.481 e. The second kappa shape index (κ2) is 7.29. The fraction of sp³-hybridized carbons (Fsp3) is 0.353. The molecule has 1 amide bonds. The molecule has 2 N–H and O–H groups in total. The summed E-state index contributed by atoms with van der Waals surface area (Å²) in [7, 11) is 0. The van der Waals surface area contributed by atoms with Gasteiger partial charge in [-0.25, -0.2) is 0 Å². The number of ether oxygens (including phenoxy) is 1. The average molecular weight is 384 g/mol. The number of carbonyl (C=O) groups excluding carboxylic acids is 1. The van der Waals surface area contributed by atoms with E-state index in [0.717, 1.165) is 25.0 Å². The molecule has 1 heterocycles. The normalized spacial score (nSPS) is 15.2. The molecule has 10 heteroatoms. The molecule has 27 heavy (non-hydrogen) atoms. The van der Waals surface area contributed by atoms with E-state index in [1.807, 2.05) is 0 Å². The largest absolute Gasteiger partial charge is 0.573 e. The lowest BCUT2D eigenvalue weighted by Gasteiger charge is -2.17. The van der Waals surface area contributed by atoms with Crippen molar-refractivity contribution in [2.75, 3.05) is 0 Å². The molecular formula is C17H15F3N2O5. The van der Waals surface area contributed by atoms with Crippen LogP contribution >= 0.6 is 0 Å². The summed E-state index contributed by atoms with van der Waals surface area (Å²) in [6, 6.07) is 5.14. The van der Waals surface area contributed by atoms with Gasteiger partial charge in [0.2, 0.25) is 5.76 Å². The molecule has 1 aliphatic carbocycles. The van der Waals surface area contributed by atoms with E-state index in [9.17, 15) is 22.8 Å². The number of alkyl halides is 3. The van der Waals surface area contributed by atoms with Crippen molar-refractivity contribution in [2.24, 2.45) is 0 Å². The van der Waals surface area contributed by atoms with Crippen molar-refractivity contribution in [1.82, 2.24) is 10.5 Å². The highest BCUT2D eigenvalue weighted by Gasteiger charge is 2.31. The quantitative estimate of drug-likeness (QED) is 0.759. The van der Waals surface area contributed by atoms with E-state index < -0.39 is 36.5 Å². The monoisotopic (exact) mass is 384 g/mol. The highest BCUT2D eigenvalue weighted by atomic mass is 19.4. The van der Waals surface area contributed by atoms with Gasteiger partial charge in [0, 0.05) is 12.0 Å². The Morgan fingerprint density at radius 2 is 1.96 bits per heavy atom. The zero-order chi connectivity index (χ0) is 19.6. The standard InChI is InChI=1S/C17H15F3N2O5/c18-17(19,20)26-11-5-3-9(4-6-11)12(8-15(23)24)21-16(25)14-7-13(22-27-14)10-1-2-10/h3-7,10,12H,1-2,8H2,(H,21,25)(H,23,24). The van der Waals surface area contributed by atoms with E-state index in [0.29, 0.717) is 11.3 Å². The Hall–Kier alpha value is -3.04. The third-order valence-corrected chi connectivity index (χ3v) is 3.95. The van der Waals surface area contributed by atoms with E-state index in [4.69, 9.17) is 9.63 Å². The van der Waals surface area contributed by atoms with E-state index in [1.165, 1.54) is 18.2 Å². The third-order valence-electron chi connectivity index (χ3n) is 3.95. The highest BCUT2D eigenvalue weighted by Crippen LogP contribution is 2.39. The SMILES string of the molecule is O=C(O)CC(NC(=O)c1cc(C2CC2)no1)c1ccc(OC(F)(F)F)cc1.